The van der Waals surface area contributed by atoms with Gasteiger partial charge in [-0.25, -0.2) is 0 Å². The van der Waals surface area contributed by atoms with E-state index in [0.29, 0.717) is 12.2 Å². The summed E-state index contributed by atoms with van der Waals surface area (Å²) < 4.78 is 10.2. The Balaban J connectivity index is 2.87. The van der Waals surface area contributed by atoms with Gasteiger partial charge in [0.2, 0.25) is 0 Å². The molecule has 1 aromatic rings. The first-order valence-corrected chi connectivity index (χ1v) is 6.83. The lowest BCUT2D eigenvalue weighted by Crippen LogP contribution is -2.10. The van der Waals surface area contributed by atoms with Crippen molar-refractivity contribution in [3.8, 4) is 5.75 Å². The molecule has 0 aromatic heterocycles. The highest BCUT2D eigenvalue weighted by Crippen LogP contribution is 2.25. The average molecular weight is 278 g/mol. The molecule has 0 aliphatic heterocycles. The molecule has 0 atom stereocenters. The van der Waals surface area contributed by atoms with Crippen molar-refractivity contribution in [2.24, 2.45) is 0 Å². The number of carbonyl (C=O) groups excluding carboxylic acids is 2. The summed E-state index contributed by atoms with van der Waals surface area (Å²) in [6.45, 7) is 6.59. The number of carbonyl (C=O) groups is 2. The second-order valence-corrected chi connectivity index (χ2v) is 4.82. The molecule has 0 heterocycles. The van der Waals surface area contributed by atoms with Gasteiger partial charge in [-0.15, -0.1) is 0 Å². The average Bonchev–Trinajstić information content (AvgIpc) is 2.41. The van der Waals surface area contributed by atoms with E-state index in [1.54, 1.807) is 12.1 Å². The van der Waals surface area contributed by atoms with Crippen LogP contribution < -0.4 is 4.74 Å². The molecular formula is C16H22O4. The molecule has 110 valence electrons. The van der Waals surface area contributed by atoms with E-state index >= 15 is 0 Å². The zero-order valence-corrected chi connectivity index (χ0v) is 12.6. The highest BCUT2D eigenvalue weighted by atomic mass is 16.5. The topological polar surface area (TPSA) is 52.6 Å². The fourth-order valence-corrected chi connectivity index (χ4v) is 1.96. The number of esters is 1. The maximum Gasteiger partial charge on any atom is 0.313 e. The molecule has 0 aliphatic rings. The highest BCUT2D eigenvalue weighted by Gasteiger charge is 2.15. The van der Waals surface area contributed by atoms with Crippen LogP contribution in [0.1, 0.15) is 47.7 Å². The number of Topliss-reactive ketones (excluding diaryl/α,β-unsaturated/α-hetero) is 1. The van der Waals surface area contributed by atoms with E-state index in [-0.39, 0.29) is 12.2 Å². The van der Waals surface area contributed by atoms with Crippen LogP contribution in [-0.2, 0) is 9.53 Å². The Bertz CT molecular complexity index is 468. The number of aryl methyl sites for hydroxylation is 2. The van der Waals surface area contributed by atoms with E-state index in [2.05, 4.69) is 11.7 Å². The number of ether oxygens (including phenoxy) is 2. The quantitative estimate of drug-likeness (QED) is 0.332. The summed E-state index contributed by atoms with van der Waals surface area (Å²) >= 11 is 0. The van der Waals surface area contributed by atoms with Crippen molar-refractivity contribution >= 4 is 11.8 Å². The van der Waals surface area contributed by atoms with Gasteiger partial charge in [-0.1, -0.05) is 13.3 Å². The van der Waals surface area contributed by atoms with Gasteiger partial charge in [0.25, 0.3) is 0 Å². The zero-order valence-electron chi connectivity index (χ0n) is 12.6. The number of unbranched alkanes of at least 4 members (excludes halogenated alkanes) is 1. The van der Waals surface area contributed by atoms with Crippen molar-refractivity contribution < 1.29 is 19.1 Å². The first-order valence-electron chi connectivity index (χ1n) is 6.83. The van der Waals surface area contributed by atoms with Crippen LogP contribution in [0.2, 0.25) is 0 Å². The van der Waals surface area contributed by atoms with Crippen molar-refractivity contribution in [2.45, 2.75) is 40.0 Å². The van der Waals surface area contributed by atoms with E-state index in [0.717, 1.165) is 29.7 Å². The molecule has 0 bridgehead atoms. The minimum atomic E-state index is -0.520. The predicted octanol–water partition coefficient (Wildman–Crippen LogP) is 3.23. The van der Waals surface area contributed by atoms with Crippen LogP contribution in [0.15, 0.2) is 12.1 Å². The van der Waals surface area contributed by atoms with E-state index in [4.69, 9.17) is 4.74 Å². The number of hydrogen-bond donors (Lipinski definition) is 0. The van der Waals surface area contributed by atoms with Crippen molar-refractivity contribution in [2.75, 3.05) is 13.7 Å². The molecule has 0 fully saturated rings. The van der Waals surface area contributed by atoms with Crippen molar-refractivity contribution in [1.29, 1.82) is 0 Å². The van der Waals surface area contributed by atoms with Gasteiger partial charge in [-0.3, -0.25) is 9.59 Å². The number of hydrogen-bond acceptors (Lipinski definition) is 4. The molecule has 0 saturated heterocycles. The Morgan fingerprint density at radius 2 is 1.75 bits per heavy atom. The summed E-state index contributed by atoms with van der Waals surface area (Å²) in [6.07, 6.45) is 1.85. The van der Waals surface area contributed by atoms with Gasteiger partial charge in [0, 0.05) is 5.56 Å². The summed E-state index contributed by atoms with van der Waals surface area (Å²) in [6, 6.07) is 3.53. The van der Waals surface area contributed by atoms with E-state index in [1.807, 2.05) is 13.8 Å². The fourth-order valence-electron chi connectivity index (χ4n) is 1.96. The van der Waals surface area contributed by atoms with Crippen molar-refractivity contribution in [3.05, 3.63) is 28.8 Å². The van der Waals surface area contributed by atoms with E-state index < -0.39 is 5.97 Å². The van der Waals surface area contributed by atoms with Crippen LogP contribution in [0.25, 0.3) is 0 Å². The van der Waals surface area contributed by atoms with Gasteiger partial charge in [0.1, 0.15) is 12.2 Å². The molecule has 0 amide bonds. The van der Waals surface area contributed by atoms with Gasteiger partial charge >= 0.3 is 5.97 Å². The standard InChI is InChI=1S/C16H22O4/c1-5-6-7-20-16-11(2)8-13(9-12(16)3)14(17)10-15(18)19-4/h8-9H,5-7,10H2,1-4H3. The van der Waals surface area contributed by atoms with E-state index in [1.165, 1.54) is 7.11 Å². The monoisotopic (exact) mass is 278 g/mol. The molecule has 0 unspecified atom stereocenters. The molecule has 4 heteroatoms. The summed E-state index contributed by atoms with van der Waals surface area (Å²) in [5.41, 5.74) is 2.34. The van der Waals surface area contributed by atoms with Gasteiger partial charge in [0.05, 0.1) is 13.7 Å². The summed E-state index contributed by atoms with van der Waals surface area (Å²) in [5.74, 6) is 0.0739. The molecule has 0 aliphatic carbocycles. The maximum absolute atomic E-state index is 11.9. The molecule has 1 rings (SSSR count). The second-order valence-electron chi connectivity index (χ2n) is 4.82. The Labute approximate surface area is 120 Å². The normalized spacial score (nSPS) is 10.2. The van der Waals surface area contributed by atoms with Crippen LogP contribution in [0, 0.1) is 13.8 Å². The molecule has 20 heavy (non-hydrogen) atoms. The Morgan fingerprint density at radius 1 is 1.15 bits per heavy atom. The van der Waals surface area contributed by atoms with Gasteiger partial charge in [0.15, 0.2) is 5.78 Å². The fraction of sp³-hybridized carbons (Fsp3) is 0.500. The van der Waals surface area contributed by atoms with Crippen molar-refractivity contribution in [3.63, 3.8) is 0 Å². The maximum atomic E-state index is 11.9. The third kappa shape index (κ3) is 4.37. The first-order chi connectivity index (χ1) is 9.49. The zero-order chi connectivity index (χ0) is 15.1. The van der Waals surface area contributed by atoms with Crippen LogP contribution >= 0.6 is 0 Å². The van der Waals surface area contributed by atoms with Crippen LogP contribution in [0.3, 0.4) is 0 Å². The Kier molecular flexibility index (Phi) is 6.22. The third-order valence-electron chi connectivity index (χ3n) is 3.06. The van der Waals surface area contributed by atoms with Crippen LogP contribution in [-0.4, -0.2) is 25.5 Å². The summed E-state index contributed by atoms with van der Waals surface area (Å²) in [5, 5.41) is 0. The lowest BCUT2D eigenvalue weighted by atomic mass is 10.0. The van der Waals surface area contributed by atoms with Gasteiger partial charge in [-0.05, 0) is 43.5 Å². The minimum Gasteiger partial charge on any atom is -0.493 e. The summed E-state index contributed by atoms with van der Waals surface area (Å²) in [7, 11) is 1.27. The molecule has 4 nitrogen and oxygen atoms in total. The third-order valence-corrected chi connectivity index (χ3v) is 3.06. The number of methoxy groups -OCH3 is 1. The molecular weight excluding hydrogens is 256 g/mol. The lowest BCUT2D eigenvalue weighted by molar-refractivity contribution is -0.139. The number of rotatable bonds is 7. The van der Waals surface area contributed by atoms with Gasteiger partial charge in [-0.2, -0.15) is 0 Å². The van der Waals surface area contributed by atoms with Gasteiger partial charge < -0.3 is 9.47 Å². The van der Waals surface area contributed by atoms with Crippen LogP contribution in [0.4, 0.5) is 0 Å². The van der Waals surface area contributed by atoms with E-state index in [9.17, 15) is 9.59 Å². The molecule has 0 saturated carbocycles. The largest absolute Gasteiger partial charge is 0.493 e. The lowest BCUT2D eigenvalue weighted by Gasteiger charge is -2.13. The molecule has 1 aromatic carbocycles. The number of ketones is 1. The van der Waals surface area contributed by atoms with Crippen LogP contribution in [0.5, 0.6) is 5.75 Å². The molecule has 0 N–H and O–H groups in total. The smallest absolute Gasteiger partial charge is 0.313 e. The number of benzene rings is 1. The summed E-state index contributed by atoms with van der Waals surface area (Å²) in [4.78, 5) is 23.1. The SMILES string of the molecule is CCCCOc1c(C)cc(C(=O)CC(=O)OC)cc1C. The minimum absolute atomic E-state index is 0.231. The van der Waals surface area contributed by atoms with Crippen molar-refractivity contribution in [1.82, 2.24) is 0 Å². The molecule has 0 spiro atoms. The molecule has 0 radical (unpaired) electrons. The second kappa shape index (κ2) is 7.68. The Hall–Kier alpha value is -1.84. The first kappa shape index (κ1) is 16.2. The Morgan fingerprint density at radius 3 is 2.25 bits per heavy atom. The highest BCUT2D eigenvalue weighted by molar-refractivity contribution is 6.06. The predicted molar refractivity (Wildman–Crippen MR) is 77.3 cm³/mol.